The Hall–Kier alpha value is -1.74. The molecule has 0 saturated heterocycles. The van der Waals surface area contributed by atoms with Crippen LogP contribution in [0.25, 0.3) is 11.1 Å². The summed E-state index contributed by atoms with van der Waals surface area (Å²) >= 11 is 0. The van der Waals surface area contributed by atoms with Crippen molar-refractivity contribution in [1.29, 1.82) is 0 Å². The molecule has 100 valence electrons. The third-order valence-electron chi connectivity index (χ3n) is 3.13. The van der Waals surface area contributed by atoms with Crippen molar-refractivity contribution in [2.24, 2.45) is 0 Å². The minimum Gasteiger partial charge on any atom is -0.310 e. The van der Waals surface area contributed by atoms with Crippen LogP contribution in [0.2, 0.25) is 0 Å². The molecule has 19 heavy (non-hydrogen) atoms. The maximum absolute atomic E-state index is 13.2. The summed E-state index contributed by atoms with van der Waals surface area (Å²) < 4.78 is 13.2. The quantitative estimate of drug-likeness (QED) is 0.878. The average Bonchev–Trinajstić information content (AvgIpc) is 2.45. The van der Waals surface area contributed by atoms with E-state index in [4.69, 9.17) is 0 Å². The van der Waals surface area contributed by atoms with E-state index in [0.29, 0.717) is 6.04 Å². The summed E-state index contributed by atoms with van der Waals surface area (Å²) in [6.07, 6.45) is 4.02. The van der Waals surface area contributed by atoms with Crippen LogP contribution in [0.15, 0.2) is 42.7 Å². The van der Waals surface area contributed by atoms with Crippen molar-refractivity contribution in [2.45, 2.75) is 26.3 Å². The lowest BCUT2D eigenvalue weighted by Crippen LogP contribution is -2.19. The second kappa shape index (κ2) is 6.43. The second-order valence-electron chi connectivity index (χ2n) is 4.69. The Morgan fingerprint density at radius 1 is 1.21 bits per heavy atom. The zero-order chi connectivity index (χ0) is 13.7. The topological polar surface area (TPSA) is 24.9 Å². The summed E-state index contributed by atoms with van der Waals surface area (Å²) in [7, 11) is 0. The van der Waals surface area contributed by atoms with Crippen molar-refractivity contribution in [3.8, 4) is 11.1 Å². The van der Waals surface area contributed by atoms with Crippen LogP contribution in [0, 0.1) is 5.82 Å². The predicted octanol–water partition coefficient (Wildman–Crippen LogP) is 3.95. The molecule has 3 heteroatoms. The molecule has 1 aromatic carbocycles. The fourth-order valence-electron chi connectivity index (χ4n) is 2.04. The van der Waals surface area contributed by atoms with Crippen molar-refractivity contribution in [2.75, 3.05) is 6.54 Å². The molecule has 1 N–H and O–H groups in total. The zero-order valence-corrected chi connectivity index (χ0v) is 11.4. The Morgan fingerprint density at radius 2 is 2.05 bits per heavy atom. The molecule has 1 aromatic heterocycles. The van der Waals surface area contributed by atoms with Crippen LogP contribution in [0.1, 0.15) is 31.9 Å². The van der Waals surface area contributed by atoms with Crippen LogP contribution in [-0.4, -0.2) is 11.5 Å². The summed E-state index contributed by atoms with van der Waals surface area (Å²) in [4.78, 5) is 3.89. The smallest absolute Gasteiger partial charge is 0.142 e. The number of hydrogen-bond acceptors (Lipinski definition) is 2. The number of pyridine rings is 1. The molecular formula is C16H19FN2. The Labute approximate surface area is 113 Å². The molecule has 1 unspecified atom stereocenters. The Balaban J connectivity index is 2.24. The van der Waals surface area contributed by atoms with Gasteiger partial charge in [0.15, 0.2) is 0 Å². The summed E-state index contributed by atoms with van der Waals surface area (Å²) in [5.74, 6) is -0.306. The normalized spacial score (nSPS) is 12.4. The standard InChI is InChI=1S/C16H19FN2/c1-3-7-19-12(2)13-5-4-6-14(8-13)15-9-16(17)11-18-10-15/h4-6,8-12,19H,3,7H2,1-2H3. The first-order chi connectivity index (χ1) is 9.20. The van der Waals surface area contributed by atoms with E-state index in [9.17, 15) is 4.39 Å². The predicted molar refractivity (Wildman–Crippen MR) is 76.3 cm³/mol. The molecule has 0 amide bonds. The van der Waals surface area contributed by atoms with Gasteiger partial charge in [-0.15, -0.1) is 0 Å². The number of hydrogen-bond donors (Lipinski definition) is 1. The van der Waals surface area contributed by atoms with E-state index in [-0.39, 0.29) is 5.82 Å². The highest BCUT2D eigenvalue weighted by atomic mass is 19.1. The molecule has 0 aliphatic carbocycles. The van der Waals surface area contributed by atoms with Gasteiger partial charge in [-0.25, -0.2) is 4.39 Å². The lowest BCUT2D eigenvalue weighted by Gasteiger charge is -2.14. The molecule has 2 nitrogen and oxygen atoms in total. The van der Waals surface area contributed by atoms with E-state index in [1.165, 1.54) is 17.8 Å². The third-order valence-corrected chi connectivity index (χ3v) is 3.13. The molecule has 2 rings (SSSR count). The van der Waals surface area contributed by atoms with Gasteiger partial charge >= 0.3 is 0 Å². The fraction of sp³-hybridized carbons (Fsp3) is 0.312. The SMILES string of the molecule is CCCNC(C)c1cccc(-c2cncc(F)c2)c1. The third kappa shape index (κ3) is 3.61. The van der Waals surface area contributed by atoms with Gasteiger partial charge in [-0.1, -0.05) is 25.1 Å². The number of aromatic nitrogens is 1. The summed E-state index contributed by atoms with van der Waals surface area (Å²) in [5, 5.41) is 3.45. The largest absolute Gasteiger partial charge is 0.310 e. The van der Waals surface area contributed by atoms with Crippen LogP contribution >= 0.6 is 0 Å². The minimum atomic E-state index is -0.306. The highest BCUT2D eigenvalue weighted by Crippen LogP contribution is 2.23. The Morgan fingerprint density at radius 3 is 2.79 bits per heavy atom. The van der Waals surface area contributed by atoms with Gasteiger partial charge in [0.2, 0.25) is 0 Å². The molecule has 0 bridgehead atoms. The van der Waals surface area contributed by atoms with E-state index in [1.807, 2.05) is 12.1 Å². The molecule has 0 spiro atoms. The maximum Gasteiger partial charge on any atom is 0.142 e. The molecule has 2 aromatic rings. The molecule has 0 aliphatic rings. The number of halogens is 1. The summed E-state index contributed by atoms with van der Waals surface area (Å²) in [6.45, 7) is 5.28. The van der Waals surface area contributed by atoms with E-state index in [1.54, 1.807) is 6.20 Å². The molecule has 0 fully saturated rings. The lowest BCUT2D eigenvalue weighted by atomic mass is 10.0. The molecule has 1 atom stereocenters. The van der Waals surface area contributed by atoms with Gasteiger partial charge in [0, 0.05) is 17.8 Å². The van der Waals surface area contributed by atoms with Gasteiger partial charge in [0.25, 0.3) is 0 Å². The maximum atomic E-state index is 13.2. The van der Waals surface area contributed by atoms with Crippen molar-refractivity contribution >= 4 is 0 Å². The van der Waals surface area contributed by atoms with Crippen molar-refractivity contribution in [3.05, 3.63) is 54.1 Å². The highest BCUT2D eigenvalue weighted by Gasteiger charge is 2.06. The van der Waals surface area contributed by atoms with Gasteiger partial charge in [-0.05, 0) is 43.1 Å². The number of nitrogens with one attached hydrogen (secondary N) is 1. The first-order valence-corrected chi connectivity index (χ1v) is 6.65. The van der Waals surface area contributed by atoms with Crippen LogP contribution in [-0.2, 0) is 0 Å². The van der Waals surface area contributed by atoms with Crippen molar-refractivity contribution in [1.82, 2.24) is 10.3 Å². The average molecular weight is 258 g/mol. The van der Waals surface area contributed by atoms with Crippen LogP contribution in [0.5, 0.6) is 0 Å². The molecule has 0 aliphatic heterocycles. The van der Waals surface area contributed by atoms with Gasteiger partial charge in [0.05, 0.1) is 6.20 Å². The molecular weight excluding hydrogens is 239 g/mol. The van der Waals surface area contributed by atoms with Crippen LogP contribution in [0.4, 0.5) is 4.39 Å². The highest BCUT2D eigenvalue weighted by molar-refractivity contribution is 5.63. The van der Waals surface area contributed by atoms with Gasteiger partial charge in [0.1, 0.15) is 5.82 Å². The number of benzene rings is 1. The summed E-state index contributed by atoms with van der Waals surface area (Å²) in [6, 6.07) is 9.96. The molecule has 1 heterocycles. The van der Waals surface area contributed by atoms with Crippen molar-refractivity contribution < 1.29 is 4.39 Å². The Kier molecular flexibility index (Phi) is 4.63. The number of rotatable bonds is 5. The fourth-order valence-corrected chi connectivity index (χ4v) is 2.04. The van der Waals surface area contributed by atoms with Gasteiger partial charge < -0.3 is 5.32 Å². The van der Waals surface area contributed by atoms with E-state index < -0.39 is 0 Å². The number of nitrogens with zero attached hydrogens (tertiary/aromatic N) is 1. The van der Waals surface area contributed by atoms with E-state index in [0.717, 1.165) is 24.1 Å². The van der Waals surface area contributed by atoms with Gasteiger partial charge in [-0.3, -0.25) is 4.98 Å². The summed E-state index contributed by atoms with van der Waals surface area (Å²) in [5.41, 5.74) is 3.01. The monoisotopic (exact) mass is 258 g/mol. The molecule has 0 saturated carbocycles. The lowest BCUT2D eigenvalue weighted by molar-refractivity contribution is 0.571. The zero-order valence-electron chi connectivity index (χ0n) is 11.4. The van der Waals surface area contributed by atoms with E-state index >= 15 is 0 Å². The van der Waals surface area contributed by atoms with Crippen LogP contribution in [0.3, 0.4) is 0 Å². The van der Waals surface area contributed by atoms with Crippen molar-refractivity contribution in [3.63, 3.8) is 0 Å². The first-order valence-electron chi connectivity index (χ1n) is 6.65. The Bertz CT molecular complexity index is 540. The molecule has 0 radical (unpaired) electrons. The van der Waals surface area contributed by atoms with Crippen LogP contribution < -0.4 is 5.32 Å². The second-order valence-corrected chi connectivity index (χ2v) is 4.69. The minimum absolute atomic E-state index is 0.293. The van der Waals surface area contributed by atoms with E-state index in [2.05, 4.69) is 36.3 Å². The van der Waals surface area contributed by atoms with Gasteiger partial charge in [-0.2, -0.15) is 0 Å². The first kappa shape index (κ1) is 13.7.